The number of halogens is 1. The van der Waals surface area contributed by atoms with Gasteiger partial charge in [-0.2, -0.15) is 0 Å². The number of likely N-dealkylation sites (tertiary alicyclic amines) is 1. The van der Waals surface area contributed by atoms with E-state index in [-0.39, 0.29) is 29.8 Å². The number of amides is 1. The Morgan fingerprint density at radius 3 is 2.57 bits per heavy atom. The number of sulfonamides is 1. The van der Waals surface area contributed by atoms with Gasteiger partial charge < -0.3 is 5.32 Å². The standard InChI is InChI=1S/C21H28ClN3O3S2/c1-16-9-12-25(13-10-16)19(20-3-2-14-29-20)15-23-21(26)8-11-24-30(27,28)18-6-4-17(22)5-7-18/h2-7,14,16,19,24H,8-13,15H2,1H3,(H,23,26). The van der Waals surface area contributed by atoms with Crippen molar-refractivity contribution in [1.29, 1.82) is 0 Å². The molecular weight excluding hydrogens is 442 g/mol. The van der Waals surface area contributed by atoms with Crippen LogP contribution in [0.1, 0.15) is 37.1 Å². The minimum atomic E-state index is -3.66. The number of carbonyl (C=O) groups is 1. The summed E-state index contributed by atoms with van der Waals surface area (Å²) in [5.74, 6) is 0.578. The van der Waals surface area contributed by atoms with Crippen LogP contribution in [0.5, 0.6) is 0 Å². The minimum Gasteiger partial charge on any atom is -0.354 e. The van der Waals surface area contributed by atoms with Gasteiger partial charge in [-0.05, 0) is 67.6 Å². The summed E-state index contributed by atoms with van der Waals surface area (Å²) < 4.78 is 27.0. The molecular formula is C21H28ClN3O3S2. The topological polar surface area (TPSA) is 78.5 Å². The summed E-state index contributed by atoms with van der Waals surface area (Å²) >= 11 is 7.50. The lowest BCUT2D eigenvalue weighted by atomic mass is 9.97. The maximum absolute atomic E-state index is 12.3. The Labute approximate surface area is 187 Å². The number of carbonyl (C=O) groups excluding carboxylic acids is 1. The molecule has 1 fully saturated rings. The molecule has 0 aliphatic carbocycles. The van der Waals surface area contributed by atoms with E-state index in [0.717, 1.165) is 19.0 Å². The van der Waals surface area contributed by atoms with Gasteiger partial charge in [0.05, 0.1) is 10.9 Å². The van der Waals surface area contributed by atoms with E-state index in [0.29, 0.717) is 11.6 Å². The van der Waals surface area contributed by atoms with Gasteiger partial charge in [-0.3, -0.25) is 9.69 Å². The predicted octanol–water partition coefficient (Wildman–Crippen LogP) is 3.66. The maximum Gasteiger partial charge on any atom is 0.240 e. The minimum absolute atomic E-state index is 0.0433. The molecule has 0 bridgehead atoms. The van der Waals surface area contributed by atoms with Gasteiger partial charge in [0.25, 0.3) is 0 Å². The monoisotopic (exact) mass is 469 g/mol. The molecule has 1 saturated heterocycles. The Bertz CT molecular complexity index is 909. The van der Waals surface area contributed by atoms with Crippen molar-refractivity contribution in [3.05, 3.63) is 51.7 Å². The van der Waals surface area contributed by atoms with Crippen molar-refractivity contribution < 1.29 is 13.2 Å². The summed E-state index contributed by atoms with van der Waals surface area (Å²) in [6.45, 7) is 4.91. The van der Waals surface area contributed by atoms with Crippen LogP contribution in [0.2, 0.25) is 5.02 Å². The number of benzene rings is 1. The number of hydrogen-bond donors (Lipinski definition) is 2. The molecule has 1 aromatic heterocycles. The third-order valence-electron chi connectivity index (χ3n) is 5.39. The van der Waals surface area contributed by atoms with Crippen LogP contribution in [-0.4, -0.2) is 45.4 Å². The first-order valence-corrected chi connectivity index (χ1v) is 12.9. The zero-order chi connectivity index (χ0) is 21.6. The van der Waals surface area contributed by atoms with Gasteiger partial charge >= 0.3 is 0 Å². The predicted molar refractivity (Wildman–Crippen MR) is 121 cm³/mol. The van der Waals surface area contributed by atoms with Gasteiger partial charge in [0.15, 0.2) is 0 Å². The van der Waals surface area contributed by atoms with Gasteiger partial charge in [-0.25, -0.2) is 13.1 Å². The molecule has 0 spiro atoms. The molecule has 1 aliphatic rings. The molecule has 2 heterocycles. The molecule has 6 nitrogen and oxygen atoms in total. The Kier molecular flexibility index (Phi) is 8.30. The van der Waals surface area contributed by atoms with Crippen molar-refractivity contribution in [2.75, 3.05) is 26.2 Å². The highest BCUT2D eigenvalue weighted by atomic mass is 35.5. The van der Waals surface area contributed by atoms with E-state index < -0.39 is 10.0 Å². The number of nitrogens with zero attached hydrogens (tertiary/aromatic N) is 1. The highest BCUT2D eigenvalue weighted by molar-refractivity contribution is 7.89. The van der Waals surface area contributed by atoms with E-state index in [9.17, 15) is 13.2 Å². The highest BCUT2D eigenvalue weighted by Crippen LogP contribution is 2.29. The van der Waals surface area contributed by atoms with E-state index in [2.05, 4.69) is 33.3 Å². The van der Waals surface area contributed by atoms with Crippen molar-refractivity contribution >= 4 is 38.9 Å². The number of piperidine rings is 1. The number of thiophene rings is 1. The van der Waals surface area contributed by atoms with Crippen molar-refractivity contribution in [2.45, 2.75) is 37.1 Å². The second-order valence-electron chi connectivity index (χ2n) is 7.66. The molecule has 0 saturated carbocycles. The quantitative estimate of drug-likeness (QED) is 0.587. The lowest BCUT2D eigenvalue weighted by molar-refractivity contribution is -0.121. The molecule has 164 valence electrons. The maximum atomic E-state index is 12.3. The van der Waals surface area contributed by atoms with Gasteiger partial charge in [-0.15, -0.1) is 11.3 Å². The second-order valence-corrected chi connectivity index (χ2v) is 10.8. The summed E-state index contributed by atoms with van der Waals surface area (Å²) in [5, 5.41) is 5.51. The Hall–Kier alpha value is -1.45. The summed E-state index contributed by atoms with van der Waals surface area (Å²) in [4.78, 5) is 16.2. The van der Waals surface area contributed by atoms with Crippen molar-refractivity contribution in [2.24, 2.45) is 5.92 Å². The van der Waals surface area contributed by atoms with Crippen LogP contribution in [0.25, 0.3) is 0 Å². The zero-order valence-corrected chi connectivity index (χ0v) is 19.4. The fraction of sp³-hybridized carbons (Fsp3) is 0.476. The van der Waals surface area contributed by atoms with Crippen LogP contribution in [0, 0.1) is 5.92 Å². The molecule has 3 rings (SSSR count). The van der Waals surface area contributed by atoms with Crippen LogP contribution in [0.4, 0.5) is 0 Å². The van der Waals surface area contributed by atoms with Gasteiger partial charge in [0.2, 0.25) is 15.9 Å². The Morgan fingerprint density at radius 2 is 1.93 bits per heavy atom. The van der Waals surface area contributed by atoms with E-state index in [4.69, 9.17) is 11.6 Å². The zero-order valence-electron chi connectivity index (χ0n) is 17.0. The highest BCUT2D eigenvalue weighted by Gasteiger charge is 2.25. The van der Waals surface area contributed by atoms with Gasteiger partial charge in [-0.1, -0.05) is 24.6 Å². The lowest BCUT2D eigenvalue weighted by Crippen LogP contribution is -2.42. The van der Waals surface area contributed by atoms with E-state index in [1.54, 1.807) is 11.3 Å². The number of rotatable bonds is 9. The third kappa shape index (κ3) is 6.52. The van der Waals surface area contributed by atoms with Crippen molar-refractivity contribution in [1.82, 2.24) is 14.9 Å². The molecule has 9 heteroatoms. The Morgan fingerprint density at radius 1 is 1.23 bits per heavy atom. The van der Waals surface area contributed by atoms with E-state index >= 15 is 0 Å². The third-order valence-corrected chi connectivity index (χ3v) is 8.09. The fourth-order valence-corrected chi connectivity index (χ4v) is 5.54. The SMILES string of the molecule is CC1CCN(C(CNC(=O)CCNS(=O)(=O)c2ccc(Cl)cc2)c2cccs2)CC1. The Balaban J connectivity index is 1.49. The summed E-state index contributed by atoms with van der Waals surface area (Å²) in [5.41, 5.74) is 0. The number of hydrogen-bond acceptors (Lipinski definition) is 5. The molecule has 1 aromatic carbocycles. The molecule has 2 N–H and O–H groups in total. The van der Waals surface area contributed by atoms with Crippen molar-refractivity contribution in [3.63, 3.8) is 0 Å². The van der Waals surface area contributed by atoms with Gasteiger partial charge in [0.1, 0.15) is 0 Å². The molecule has 0 radical (unpaired) electrons. The molecule has 1 aliphatic heterocycles. The fourth-order valence-electron chi connectivity index (χ4n) is 3.53. The van der Waals surface area contributed by atoms with Crippen LogP contribution >= 0.6 is 22.9 Å². The van der Waals surface area contributed by atoms with E-state index in [1.165, 1.54) is 42.0 Å². The first-order chi connectivity index (χ1) is 14.3. The largest absolute Gasteiger partial charge is 0.354 e. The van der Waals surface area contributed by atoms with Crippen LogP contribution in [0.15, 0.2) is 46.7 Å². The first kappa shape index (κ1) is 23.2. The van der Waals surface area contributed by atoms with Gasteiger partial charge in [0, 0.05) is 29.4 Å². The average molecular weight is 470 g/mol. The molecule has 30 heavy (non-hydrogen) atoms. The van der Waals surface area contributed by atoms with E-state index in [1.807, 2.05) is 6.07 Å². The second kappa shape index (κ2) is 10.7. The molecule has 1 atom stereocenters. The molecule has 1 unspecified atom stereocenters. The lowest BCUT2D eigenvalue weighted by Gasteiger charge is -2.36. The number of nitrogens with one attached hydrogen (secondary N) is 2. The summed E-state index contributed by atoms with van der Waals surface area (Å²) in [7, 11) is -3.66. The molecule has 1 amide bonds. The smallest absolute Gasteiger partial charge is 0.240 e. The average Bonchev–Trinajstić information content (AvgIpc) is 3.24. The van der Waals surface area contributed by atoms with Crippen molar-refractivity contribution in [3.8, 4) is 0 Å². The summed E-state index contributed by atoms with van der Waals surface area (Å²) in [6, 6.07) is 10.2. The molecule has 2 aromatic rings. The van der Waals surface area contributed by atoms with Crippen LogP contribution < -0.4 is 10.0 Å². The summed E-state index contributed by atoms with van der Waals surface area (Å²) in [6.07, 6.45) is 2.42. The first-order valence-electron chi connectivity index (χ1n) is 10.1. The van der Waals surface area contributed by atoms with Crippen LogP contribution in [0.3, 0.4) is 0 Å². The normalized spacial score (nSPS) is 17.0. The van der Waals surface area contributed by atoms with Crippen LogP contribution in [-0.2, 0) is 14.8 Å².